The zero-order chi connectivity index (χ0) is 28.2. The van der Waals surface area contributed by atoms with E-state index in [1.807, 2.05) is 61.2 Å². The Balaban J connectivity index is 1.47. The topological polar surface area (TPSA) is 133 Å². The Labute approximate surface area is 232 Å². The van der Waals surface area contributed by atoms with Gasteiger partial charge in [-0.2, -0.15) is 5.53 Å². The van der Waals surface area contributed by atoms with Gasteiger partial charge in [0.25, 0.3) is 11.5 Å². The van der Waals surface area contributed by atoms with Crippen molar-refractivity contribution < 1.29 is 9.21 Å². The van der Waals surface area contributed by atoms with Gasteiger partial charge >= 0.3 is 0 Å². The van der Waals surface area contributed by atoms with Crippen molar-refractivity contribution in [3.05, 3.63) is 105 Å². The molecule has 0 bridgehead atoms. The van der Waals surface area contributed by atoms with E-state index in [0.29, 0.717) is 44.7 Å². The number of furan rings is 1. The zero-order valence-corrected chi connectivity index (χ0v) is 22.7. The number of fused-ring (bicyclic) bond motifs is 1. The summed E-state index contributed by atoms with van der Waals surface area (Å²) in [5, 5.41) is 15.1. The third-order valence-electron chi connectivity index (χ3n) is 7.45. The Morgan fingerprint density at radius 2 is 1.82 bits per heavy atom. The first kappa shape index (κ1) is 27.0. The number of hydrogen-bond acceptors (Lipinski definition) is 7. The van der Waals surface area contributed by atoms with E-state index in [-0.39, 0.29) is 23.1 Å². The molecule has 1 fully saturated rings. The lowest BCUT2D eigenvalue weighted by Gasteiger charge is -2.40. The van der Waals surface area contributed by atoms with E-state index in [2.05, 4.69) is 16.3 Å². The molecule has 0 radical (unpaired) electrons. The van der Waals surface area contributed by atoms with Gasteiger partial charge in [-0.15, -0.1) is 0 Å². The van der Waals surface area contributed by atoms with Crippen molar-refractivity contribution in [1.82, 2.24) is 19.8 Å². The summed E-state index contributed by atoms with van der Waals surface area (Å²) in [7, 11) is 0. The highest BCUT2D eigenvalue weighted by atomic mass is 16.3. The van der Waals surface area contributed by atoms with E-state index in [0.717, 1.165) is 27.6 Å². The van der Waals surface area contributed by atoms with Crippen molar-refractivity contribution in [3.63, 3.8) is 0 Å². The smallest absolute Gasteiger partial charge is 0.289 e. The van der Waals surface area contributed by atoms with Gasteiger partial charge in [-0.05, 0) is 61.2 Å². The number of H-pyrrole nitrogens is 1. The minimum Gasteiger partial charge on any atom is -0.459 e. The van der Waals surface area contributed by atoms with Gasteiger partial charge in [-0.25, -0.2) is 5.01 Å². The standard InChI is InChI=1S/C30H33N7O3/c1-20-17-21(2)23-19-24(29(38)33-25(23)18-20)27(28(31)37(34-32)11-10-22-7-4-3-5-8-22)35-12-14-36(15-13-35)30(39)26-9-6-16-40-26/h3-9,16-19,27,31-32H,10-15H2,1-2H3,(H,33,38). The summed E-state index contributed by atoms with van der Waals surface area (Å²) < 4.78 is 5.29. The molecular weight excluding hydrogens is 506 g/mol. The highest BCUT2D eigenvalue weighted by molar-refractivity contribution is 5.92. The molecule has 1 amide bonds. The molecule has 2 aromatic heterocycles. The van der Waals surface area contributed by atoms with Crippen LogP contribution in [0.25, 0.3) is 10.9 Å². The van der Waals surface area contributed by atoms with Gasteiger partial charge in [0.1, 0.15) is 11.9 Å². The van der Waals surface area contributed by atoms with Crippen molar-refractivity contribution in [2.24, 2.45) is 5.22 Å². The Morgan fingerprint density at radius 3 is 2.50 bits per heavy atom. The monoisotopic (exact) mass is 539 g/mol. The van der Waals surface area contributed by atoms with Crippen LogP contribution in [-0.2, 0) is 6.42 Å². The van der Waals surface area contributed by atoms with Gasteiger partial charge in [-0.3, -0.25) is 19.9 Å². The van der Waals surface area contributed by atoms with E-state index < -0.39 is 6.04 Å². The number of carbonyl (C=O) groups is 1. The molecular formula is C30H33N7O3. The van der Waals surface area contributed by atoms with E-state index in [1.165, 1.54) is 11.3 Å². The molecule has 1 aliphatic heterocycles. The number of hydrogen-bond donors (Lipinski definition) is 3. The molecule has 1 atom stereocenters. The predicted molar refractivity (Wildman–Crippen MR) is 153 cm³/mol. The van der Waals surface area contributed by atoms with Gasteiger partial charge in [-0.1, -0.05) is 41.6 Å². The minimum atomic E-state index is -0.750. The normalized spacial score (nSPS) is 14.7. The lowest BCUT2D eigenvalue weighted by Crippen LogP contribution is -2.53. The number of aromatic amines is 1. The summed E-state index contributed by atoms with van der Waals surface area (Å²) in [6.07, 6.45) is 2.07. The minimum absolute atomic E-state index is 0.0476. The SMILES string of the molecule is Cc1cc(C)c2cc(C(C(=N)N(CCc3ccccc3)N=N)N3CCN(C(=O)c4ccco4)CC3)c(=O)[nH]c2c1. The van der Waals surface area contributed by atoms with Gasteiger partial charge in [0, 0.05) is 49.2 Å². The maximum Gasteiger partial charge on any atom is 0.289 e. The molecule has 10 heteroatoms. The van der Waals surface area contributed by atoms with E-state index in [9.17, 15) is 15.0 Å². The second kappa shape index (κ2) is 11.7. The molecule has 1 unspecified atom stereocenters. The molecule has 0 aliphatic carbocycles. The summed E-state index contributed by atoms with van der Waals surface area (Å²) in [6.45, 7) is 6.01. The van der Waals surface area contributed by atoms with E-state index >= 15 is 0 Å². The number of aromatic nitrogens is 1. The number of nitrogens with zero attached hydrogens (tertiary/aromatic N) is 4. The van der Waals surface area contributed by atoms with Crippen LogP contribution in [0.4, 0.5) is 0 Å². The lowest BCUT2D eigenvalue weighted by atomic mass is 9.99. The van der Waals surface area contributed by atoms with Crippen molar-refractivity contribution in [1.29, 1.82) is 10.9 Å². The van der Waals surface area contributed by atoms with Crippen molar-refractivity contribution in [3.8, 4) is 0 Å². The summed E-state index contributed by atoms with van der Waals surface area (Å²) in [5.74, 6) is 0.150. The molecule has 10 nitrogen and oxygen atoms in total. The molecule has 1 saturated heterocycles. The van der Waals surface area contributed by atoms with Crippen molar-refractivity contribution in [2.75, 3.05) is 32.7 Å². The number of rotatable bonds is 8. The third kappa shape index (κ3) is 5.57. The molecule has 2 aromatic carbocycles. The second-order valence-corrected chi connectivity index (χ2v) is 10.1. The number of nitrogens with one attached hydrogen (secondary N) is 3. The molecule has 3 heterocycles. The molecule has 1 aliphatic rings. The van der Waals surface area contributed by atoms with E-state index in [1.54, 1.807) is 17.0 Å². The van der Waals surface area contributed by atoms with Crippen LogP contribution in [0.1, 0.15) is 38.9 Å². The number of amides is 1. The predicted octanol–water partition coefficient (Wildman–Crippen LogP) is 4.70. The van der Waals surface area contributed by atoms with Gasteiger partial charge in [0.05, 0.1) is 6.26 Å². The number of aryl methyl sites for hydroxylation is 2. The highest BCUT2D eigenvalue weighted by Crippen LogP contribution is 2.27. The van der Waals surface area contributed by atoms with Crippen LogP contribution in [0.2, 0.25) is 0 Å². The summed E-state index contributed by atoms with van der Waals surface area (Å²) >= 11 is 0. The molecule has 206 valence electrons. The number of amidine groups is 1. The second-order valence-electron chi connectivity index (χ2n) is 10.1. The number of piperazine rings is 1. The Hall–Kier alpha value is -4.57. The van der Waals surface area contributed by atoms with E-state index in [4.69, 9.17) is 9.95 Å². The number of benzene rings is 2. The Kier molecular flexibility index (Phi) is 7.88. The highest BCUT2D eigenvalue weighted by Gasteiger charge is 2.34. The van der Waals surface area contributed by atoms with Crippen molar-refractivity contribution in [2.45, 2.75) is 26.3 Å². The molecule has 0 saturated carbocycles. The van der Waals surface area contributed by atoms with Crippen LogP contribution in [0.5, 0.6) is 0 Å². The first-order valence-corrected chi connectivity index (χ1v) is 13.3. The number of carbonyl (C=O) groups excluding carboxylic acids is 1. The quantitative estimate of drug-likeness (QED) is 0.129. The van der Waals surface area contributed by atoms with Crippen LogP contribution in [0, 0.1) is 24.8 Å². The van der Waals surface area contributed by atoms with Crippen LogP contribution in [0.15, 0.2) is 81.4 Å². The molecule has 4 aromatic rings. The van der Waals surface area contributed by atoms with Crippen LogP contribution >= 0.6 is 0 Å². The molecule has 5 rings (SSSR count). The van der Waals surface area contributed by atoms with Crippen LogP contribution < -0.4 is 5.56 Å². The fraction of sp³-hybridized carbons (Fsp3) is 0.300. The third-order valence-corrected chi connectivity index (χ3v) is 7.45. The average Bonchev–Trinajstić information content (AvgIpc) is 3.50. The molecule has 40 heavy (non-hydrogen) atoms. The molecule has 3 N–H and O–H groups in total. The fourth-order valence-electron chi connectivity index (χ4n) is 5.39. The zero-order valence-electron chi connectivity index (χ0n) is 22.7. The van der Waals surface area contributed by atoms with Gasteiger partial charge in [0.15, 0.2) is 5.76 Å². The Morgan fingerprint density at radius 1 is 1.07 bits per heavy atom. The van der Waals surface area contributed by atoms with Gasteiger partial charge in [0.2, 0.25) is 0 Å². The largest absolute Gasteiger partial charge is 0.459 e. The van der Waals surface area contributed by atoms with Gasteiger partial charge < -0.3 is 14.3 Å². The van der Waals surface area contributed by atoms with Crippen LogP contribution in [0.3, 0.4) is 0 Å². The van der Waals surface area contributed by atoms with Crippen LogP contribution in [-0.4, -0.2) is 64.3 Å². The first-order valence-electron chi connectivity index (χ1n) is 13.3. The Bertz CT molecular complexity index is 1570. The average molecular weight is 540 g/mol. The fourth-order valence-corrected chi connectivity index (χ4v) is 5.39. The molecule has 0 spiro atoms. The van der Waals surface area contributed by atoms with Crippen molar-refractivity contribution >= 4 is 22.6 Å². The lowest BCUT2D eigenvalue weighted by molar-refractivity contribution is 0.0574. The first-order chi connectivity index (χ1) is 19.4. The summed E-state index contributed by atoms with van der Waals surface area (Å²) in [4.78, 5) is 33.1. The number of pyridine rings is 1. The maximum atomic E-state index is 13.5. The summed E-state index contributed by atoms with van der Waals surface area (Å²) in [6, 6.07) is 18.3. The maximum absolute atomic E-state index is 13.5. The summed E-state index contributed by atoms with van der Waals surface area (Å²) in [5.41, 5.74) is 11.9.